The van der Waals surface area contributed by atoms with E-state index in [9.17, 15) is 4.79 Å². The van der Waals surface area contributed by atoms with Crippen molar-refractivity contribution in [2.75, 3.05) is 7.11 Å². The molecule has 2 N–H and O–H groups in total. The summed E-state index contributed by atoms with van der Waals surface area (Å²) in [6.45, 7) is 0. The van der Waals surface area contributed by atoms with Gasteiger partial charge in [0.2, 0.25) is 5.91 Å². The van der Waals surface area contributed by atoms with Crippen molar-refractivity contribution in [3.8, 4) is 5.75 Å². The first kappa shape index (κ1) is 13.7. The van der Waals surface area contributed by atoms with Gasteiger partial charge in [-0.05, 0) is 30.9 Å². The molecule has 0 saturated heterocycles. The number of amides is 1. The van der Waals surface area contributed by atoms with Crippen LogP contribution in [-0.4, -0.2) is 23.2 Å². The number of fused-ring (bicyclic) bond motifs is 1. The van der Waals surface area contributed by atoms with E-state index in [0.29, 0.717) is 6.42 Å². The van der Waals surface area contributed by atoms with Crippen LogP contribution in [0, 0.1) is 0 Å². The average Bonchev–Trinajstić information content (AvgIpc) is 2.97. The minimum Gasteiger partial charge on any atom is -0.496 e. The number of ether oxygens (including phenoxy) is 1. The van der Waals surface area contributed by atoms with Gasteiger partial charge < -0.3 is 10.1 Å². The molecule has 21 heavy (non-hydrogen) atoms. The van der Waals surface area contributed by atoms with E-state index in [1.54, 1.807) is 7.11 Å². The largest absolute Gasteiger partial charge is 0.496 e. The number of nitrogens with zero attached hydrogens (tertiary/aromatic N) is 1. The third-order valence-electron chi connectivity index (χ3n) is 3.92. The first-order chi connectivity index (χ1) is 10.3. The number of nitrogens with one attached hydrogen (secondary N) is 2. The number of aromatic amines is 1. The number of aryl methyl sites for hydroxylation is 1. The fraction of sp³-hybridized carbons (Fsp3) is 0.375. The van der Waals surface area contributed by atoms with Crippen molar-refractivity contribution in [2.24, 2.45) is 0 Å². The molecular formula is C16H19N3O2. The molecule has 0 saturated carbocycles. The highest BCUT2D eigenvalue weighted by atomic mass is 16.5. The van der Waals surface area contributed by atoms with E-state index in [1.165, 1.54) is 5.56 Å². The van der Waals surface area contributed by atoms with Crippen molar-refractivity contribution in [1.29, 1.82) is 0 Å². The molecule has 0 radical (unpaired) electrons. The summed E-state index contributed by atoms with van der Waals surface area (Å²) in [6, 6.07) is 7.65. The number of carbonyl (C=O) groups is 1. The molecule has 1 aromatic heterocycles. The monoisotopic (exact) mass is 285 g/mol. The first-order valence-electron chi connectivity index (χ1n) is 7.21. The summed E-state index contributed by atoms with van der Waals surface area (Å²) in [7, 11) is 1.62. The Morgan fingerprint density at radius 2 is 2.33 bits per heavy atom. The van der Waals surface area contributed by atoms with E-state index in [2.05, 4.69) is 15.5 Å². The van der Waals surface area contributed by atoms with Gasteiger partial charge in [0, 0.05) is 5.56 Å². The zero-order chi connectivity index (χ0) is 14.7. The molecule has 5 nitrogen and oxygen atoms in total. The lowest BCUT2D eigenvalue weighted by molar-refractivity contribution is -0.121. The first-order valence-corrected chi connectivity index (χ1v) is 7.21. The van der Waals surface area contributed by atoms with Gasteiger partial charge in [0.15, 0.2) is 0 Å². The summed E-state index contributed by atoms with van der Waals surface area (Å²) in [4.78, 5) is 12.3. The number of rotatable bonds is 4. The van der Waals surface area contributed by atoms with Crippen LogP contribution < -0.4 is 10.1 Å². The van der Waals surface area contributed by atoms with Gasteiger partial charge >= 0.3 is 0 Å². The fourth-order valence-corrected chi connectivity index (χ4v) is 2.87. The maximum atomic E-state index is 12.3. The smallest absolute Gasteiger partial charge is 0.225 e. The molecule has 0 aliphatic heterocycles. The number of methoxy groups -OCH3 is 1. The Bertz CT molecular complexity index is 636. The number of carbonyl (C=O) groups excluding carboxylic acids is 1. The van der Waals surface area contributed by atoms with Crippen LogP contribution in [-0.2, 0) is 17.6 Å². The van der Waals surface area contributed by atoms with Crippen molar-refractivity contribution < 1.29 is 9.53 Å². The summed E-state index contributed by atoms with van der Waals surface area (Å²) in [5.74, 6) is 0.755. The normalized spacial score (nSPS) is 17.1. The molecule has 2 aromatic rings. The van der Waals surface area contributed by atoms with Gasteiger partial charge in [0.25, 0.3) is 0 Å². The van der Waals surface area contributed by atoms with E-state index in [4.69, 9.17) is 4.74 Å². The van der Waals surface area contributed by atoms with Crippen molar-refractivity contribution in [1.82, 2.24) is 15.5 Å². The minimum absolute atomic E-state index is 0.00644. The molecule has 5 heteroatoms. The Balaban J connectivity index is 1.68. The number of benzene rings is 1. The summed E-state index contributed by atoms with van der Waals surface area (Å²) < 4.78 is 5.28. The minimum atomic E-state index is 0.00644. The third-order valence-corrected chi connectivity index (χ3v) is 3.92. The van der Waals surface area contributed by atoms with Crippen LogP contribution in [0.3, 0.4) is 0 Å². The van der Waals surface area contributed by atoms with Crippen molar-refractivity contribution in [3.63, 3.8) is 0 Å². The predicted octanol–water partition coefficient (Wildman–Crippen LogP) is 2.15. The molecular weight excluding hydrogens is 266 g/mol. The molecule has 1 aliphatic carbocycles. The summed E-state index contributed by atoms with van der Waals surface area (Å²) in [5.41, 5.74) is 3.16. The van der Waals surface area contributed by atoms with Crippen molar-refractivity contribution in [3.05, 3.63) is 47.3 Å². The van der Waals surface area contributed by atoms with Gasteiger partial charge in [-0.1, -0.05) is 18.2 Å². The zero-order valence-corrected chi connectivity index (χ0v) is 12.1. The van der Waals surface area contributed by atoms with Gasteiger partial charge in [-0.15, -0.1) is 0 Å². The van der Waals surface area contributed by atoms with Gasteiger partial charge in [-0.25, -0.2) is 0 Å². The van der Waals surface area contributed by atoms with E-state index in [0.717, 1.165) is 36.3 Å². The second-order valence-electron chi connectivity index (χ2n) is 5.31. The van der Waals surface area contributed by atoms with Gasteiger partial charge in [0.05, 0.1) is 31.5 Å². The number of aromatic nitrogens is 2. The Kier molecular flexibility index (Phi) is 3.90. The molecule has 110 valence electrons. The second kappa shape index (κ2) is 5.99. The molecule has 0 fully saturated rings. The zero-order valence-electron chi connectivity index (χ0n) is 12.1. The highest BCUT2D eigenvalue weighted by molar-refractivity contribution is 5.79. The van der Waals surface area contributed by atoms with E-state index < -0.39 is 0 Å². The fourth-order valence-electron chi connectivity index (χ4n) is 2.87. The van der Waals surface area contributed by atoms with E-state index in [1.807, 2.05) is 30.5 Å². The van der Waals surface area contributed by atoms with Crippen LogP contribution in [0.5, 0.6) is 5.75 Å². The molecule has 1 heterocycles. The third kappa shape index (κ3) is 2.91. The van der Waals surface area contributed by atoms with Gasteiger partial charge in [-0.3, -0.25) is 9.89 Å². The highest BCUT2D eigenvalue weighted by Crippen LogP contribution is 2.27. The SMILES string of the molecule is COc1ccccc1CC(=O)N[C@@H]1CCCc2cn[nH]c21. The quantitative estimate of drug-likeness (QED) is 0.904. The van der Waals surface area contributed by atoms with Crippen LogP contribution in [0.4, 0.5) is 0 Å². The second-order valence-corrected chi connectivity index (χ2v) is 5.31. The number of para-hydroxylation sites is 1. The van der Waals surface area contributed by atoms with Crippen LogP contribution in [0.2, 0.25) is 0 Å². The molecule has 1 amide bonds. The Hall–Kier alpha value is -2.30. The van der Waals surface area contributed by atoms with E-state index in [-0.39, 0.29) is 11.9 Å². The summed E-state index contributed by atoms with van der Waals surface area (Å²) in [5, 5.41) is 10.2. The topological polar surface area (TPSA) is 67.0 Å². The molecule has 0 spiro atoms. The lowest BCUT2D eigenvalue weighted by atomic mass is 9.93. The molecule has 0 unspecified atom stereocenters. The van der Waals surface area contributed by atoms with Crippen molar-refractivity contribution >= 4 is 5.91 Å². The molecule has 1 atom stereocenters. The Labute approximate surface area is 123 Å². The lowest BCUT2D eigenvalue weighted by Crippen LogP contribution is -2.32. The molecule has 3 rings (SSSR count). The van der Waals surface area contributed by atoms with Crippen LogP contribution in [0.1, 0.15) is 35.7 Å². The number of H-pyrrole nitrogens is 1. The van der Waals surface area contributed by atoms with Gasteiger partial charge in [0.1, 0.15) is 5.75 Å². The highest BCUT2D eigenvalue weighted by Gasteiger charge is 2.23. The maximum absolute atomic E-state index is 12.3. The van der Waals surface area contributed by atoms with Crippen LogP contribution in [0.25, 0.3) is 0 Å². The number of hydrogen-bond donors (Lipinski definition) is 2. The molecule has 1 aliphatic rings. The lowest BCUT2D eigenvalue weighted by Gasteiger charge is -2.23. The van der Waals surface area contributed by atoms with Crippen LogP contribution in [0.15, 0.2) is 30.5 Å². The number of hydrogen-bond acceptors (Lipinski definition) is 3. The average molecular weight is 285 g/mol. The molecule has 0 bridgehead atoms. The summed E-state index contributed by atoms with van der Waals surface area (Å²) >= 11 is 0. The molecule has 1 aromatic carbocycles. The maximum Gasteiger partial charge on any atom is 0.225 e. The Morgan fingerprint density at radius 3 is 3.19 bits per heavy atom. The summed E-state index contributed by atoms with van der Waals surface area (Å²) in [6.07, 6.45) is 5.24. The van der Waals surface area contributed by atoms with E-state index >= 15 is 0 Å². The Morgan fingerprint density at radius 1 is 1.48 bits per heavy atom. The standard InChI is InChI=1S/C16H19N3O2/c1-21-14-8-3-2-5-11(14)9-15(20)18-13-7-4-6-12-10-17-19-16(12)13/h2-3,5,8,10,13H,4,6-7,9H2,1H3,(H,17,19)(H,18,20)/t13-/m1/s1. The van der Waals surface area contributed by atoms with Crippen LogP contribution >= 0.6 is 0 Å². The van der Waals surface area contributed by atoms with Gasteiger partial charge in [-0.2, -0.15) is 5.10 Å². The predicted molar refractivity (Wildman–Crippen MR) is 79.1 cm³/mol. The van der Waals surface area contributed by atoms with Crippen molar-refractivity contribution in [2.45, 2.75) is 31.7 Å².